The van der Waals surface area contributed by atoms with Gasteiger partial charge in [0.1, 0.15) is 0 Å². The highest BCUT2D eigenvalue weighted by Crippen LogP contribution is 2.47. The van der Waals surface area contributed by atoms with Crippen LogP contribution in [0.5, 0.6) is 0 Å². The number of hydrogen-bond acceptors (Lipinski definition) is 4. The monoisotopic (exact) mass is 410 g/mol. The number of benzene rings is 1. The number of esters is 2. The van der Waals surface area contributed by atoms with Crippen LogP contribution in [0.15, 0.2) is 42.0 Å². The van der Waals surface area contributed by atoms with Crippen LogP contribution in [0.25, 0.3) is 0 Å². The predicted molar refractivity (Wildman–Crippen MR) is 106 cm³/mol. The van der Waals surface area contributed by atoms with Gasteiger partial charge < -0.3 is 9.47 Å². The van der Waals surface area contributed by atoms with Gasteiger partial charge >= 0.3 is 11.9 Å². The van der Waals surface area contributed by atoms with Crippen LogP contribution in [-0.2, 0) is 19.1 Å². The molecule has 0 spiro atoms. The second-order valence-corrected chi connectivity index (χ2v) is 12.4. The third-order valence-electron chi connectivity index (χ3n) is 5.23. The molecule has 0 aromatic heterocycles. The molecule has 1 aliphatic carbocycles. The lowest BCUT2D eigenvalue weighted by molar-refractivity contribution is -0.168. The minimum atomic E-state index is -2.67. The van der Waals surface area contributed by atoms with Gasteiger partial charge in [-0.3, -0.25) is 9.59 Å². The molecule has 0 heterocycles. The van der Waals surface area contributed by atoms with Crippen LogP contribution < -0.4 is 5.19 Å². The van der Waals surface area contributed by atoms with E-state index in [1.54, 1.807) is 13.8 Å². The van der Waals surface area contributed by atoms with Crippen molar-refractivity contribution in [2.75, 3.05) is 13.2 Å². The highest BCUT2D eigenvalue weighted by atomic mass is 28.3. The summed E-state index contributed by atoms with van der Waals surface area (Å²) in [7, 11) is -2.11. The molecule has 28 heavy (non-hydrogen) atoms. The molecular formula is C21H28F2O4Si. The molecule has 1 aliphatic rings. The first-order valence-corrected chi connectivity index (χ1v) is 12.8. The Balaban J connectivity index is 2.46. The van der Waals surface area contributed by atoms with Gasteiger partial charge in [0.2, 0.25) is 6.43 Å². The fraction of sp³-hybridized carbons (Fsp3) is 0.524. The smallest absolute Gasteiger partial charge is 0.327 e. The van der Waals surface area contributed by atoms with Gasteiger partial charge in [0.15, 0.2) is 5.41 Å². The Labute approximate surface area is 165 Å². The number of ether oxygens (including phenoxy) is 2. The standard InChI is InChI=1S/C21H28F2O4Si/c1-5-26-19(24)21(20(25)27-6-2)12-15(17(13-21)18(22)23)14-28(3,4)16-10-8-7-9-11-16/h7-12,17-18H,5-6,13-14H2,1-4H3. The van der Waals surface area contributed by atoms with Gasteiger partial charge in [-0.2, -0.15) is 0 Å². The Kier molecular flexibility index (Phi) is 7.15. The first-order chi connectivity index (χ1) is 13.2. The second-order valence-electron chi connectivity index (χ2n) is 7.70. The van der Waals surface area contributed by atoms with E-state index < -0.39 is 37.8 Å². The molecule has 7 heteroatoms. The summed E-state index contributed by atoms with van der Waals surface area (Å²) in [4.78, 5) is 25.3. The first kappa shape index (κ1) is 22.3. The zero-order chi connectivity index (χ0) is 20.9. The van der Waals surface area contributed by atoms with Gasteiger partial charge in [0.25, 0.3) is 0 Å². The number of rotatable bonds is 8. The summed E-state index contributed by atoms with van der Waals surface area (Å²) in [5.74, 6) is -2.79. The van der Waals surface area contributed by atoms with Crippen molar-refractivity contribution >= 4 is 25.2 Å². The molecule has 4 nitrogen and oxygen atoms in total. The normalized spacial score (nSPS) is 18.7. The molecule has 1 atom stereocenters. The Bertz CT molecular complexity index is 713. The molecule has 0 saturated heterocycles. The summed E-state index contributed by atoms with van der Waals surface area (Å²) in [6, 6.07) is 10.2. The lowest BCUT2D eigenvalue weighted by atomic mass is 9.85. The predicted octanol–water partition coefficient (Wildman–Crippen LogP) is 3.93. The molecule has 0 N–H and O–H groups in total. The summed E-state index contributed by atoms with van der Waals surface area (Å²) in [6.07, 6.45) is -1.56. The van der Waals surface area contributed by atoms with Gasteiger partial charge in [0, 0.05) is 5.92 Å². The molecule has 1 aromatic carbocycles. The van der Waals surface area contributed by atoms with Gasteiger partial charge in [-0.1, -0.05) is 60.3 Å². The quantitative estimate of drug-likeness (QED) is 0.282. The Morgan fingerprint density at radius 2 is 1.64 bits per heavy atom. The van der Waals surface area contributed by atoms with Gasteiger partial charge in [0.05, 0.1) is 21.3 Å². The summed E-state index contributed by atoms with van der Waals surface area (Å²) in [5.41, 5.74) is -1.33. The van der Waals surface area contributed by atoms with Crippen LogP contribution in [0.1, 0.15) is 20.3 Å². The number of halogens is 2. The lowest BCUT2D eigenvalue weighted by Crippen LogP contribution is -2.42. The molecule has 0 aliphatic heterocycles. The van der Waals surface area contributed by atoms with Crippen molar-refractivity contribution in [2.45, 2.75) is 45.8 Å². The van der Waals surface area contributed by atoms with E-state index in [4.69, 9.17) is 9.47 Å². The van der Waals surface area contributed by atoms with E-state index in [0.717, 1.165) is 5.19 Å². The third-order valence-corrected chi connectivity index (χ3v) is 8.42. The highest BCUT2D eigenvalue weighted by molar-refractivity contribution is 6.90. The maximum atomic E-state index is 13.9. The largest absolute Gasteiger partial charge is 0.465 e. The number of carbonyl (C=O) groups excluding carboxylic acids is 2. The minimum Gasteiger partial charge on any atom is -0.465 e. The topological polar surface area (TPSA) is 52.6 Å². The minimum absolute atomic E-state index is 0.0623. The first-order valence-electron chi connectivity index (χ1n) is 9.57. The maximum absolute atomic E-state index is 13.9. The number of hydrogen-bond donors (Lipinski definition) is 0. The molecule has 0 radical (unpaired) electrons. The number of carbonyl (C=O) groups is 2. The Hall–Kier alpha value is -2.02. The van der Waals surface area contributed by atoms with E-state index in [0.29, 0.717) is 11.6 Å². The summed E-state index contributed by atoms with van der Waals surface area (Å²) in [5, 5.41) is 1.13. The van der Waals surface area contributed by atoms with Crippen LogP contribution in [0.2, 0.25) is 19.1 Å². The zero-order valence-electron chi connectivity index (χ0n) is 16.8. The lowest BCUT2D eigenvalue weighted by Gasteiger charge is -2.26. The summed E-state index contributed by atoms with van der Waals surface area (Å²) < 4.78 is 37.9. The van der Waals surface area contributed by atoms with Crippen LogP contribution in [-0.4, -0.2) is 39.7 Å². The van der Waals surface area contributed by atoms with Crippen molar-refractivity contribution in [3.8, 4) is 0 Å². The number of alkyl halides is 2. The third kappa shape index (κ3) is 4.51. The highest BCUT2D eigenvalue weighted by Gasteiger charge is 2.55. The van der Waals surface area contributed by atoms with E-state index in [2.05, 4.69) is 13.1 Å². The van der Waals surface area contributed by atoms with Crippen molar-refractivity contribution in [1.29, 1.82) is 0 Å². The van der Waals surface area contributed by atoms with E-state index in [9.17, 15) is 18.4 Å². The van der Waals surface area contributed by atoms with Crippen molar-refractivity contribution in [3.63, 3.8) is 0 Å². The molecule has 0 saturated carbocycles. The molecule has 1 aromatic rings. The van der Waals surface area contributed by atoms with Crippen LogP contribution in [0.3, 0.4) is 0 Å². The molecule has 154 valence electrons. The molecular weight excluding hydrogens is 382 g/mol. The maximum Gasteiger partial charge on any atom is 0.327 e. The van der Waals surface area contributed by atoms with Crippen LogP contribution >= 0.6 is 0 Å². The summed E-state index contributed by atoms with van der Waals surface area (Å²) in [6.45, 7) is 7.55. The average molecular weight is 411 g/mol. The Morgan fingerprint density at radius 1 is 1.11 bits per heavy atom. The van der Waals surface area contributed by atoms with E-state index in [-0.39, 0.29) is 19.6 Å². The van der Waals surface area contributed by atoms with E-state index >= 15 is 0 Å². The fourth-order valence-electron chi connectivity index (χ4n) is 3.78. The molecule has 0 amide bonds. The second kappa shape index (κ2) is 8.98. The number of allylic oxidation sites excluding steroid dienone is 1. The fourth-order valence-corrected chi connectivity index (χ4v) is 6.47. The molecule has 1 unspecified atom stereocenters. The Morgan fingerprint density at radius 3 is 2.11 bits per heavy atom. The van der Waals surface area contributed by atoms with Gasteiger partial charge in [-0.05, 0) is 26.3 Å². The zero-order valence-corrected chi connectivity index (χ0v) is 17.8. The van der Waals surface area contributed by atoms with E-state index in [1.165, 1.54) is 6.08 Å². The van der Waals surface area contributed by atoms with Crippen molar-refractivity contribution in [3.05, 3.63) is 42.0 Å². The van der Waals surface area contributed by atoms with E-state index in [1.807, 2.05) is 30.3 Å². The molecule has 0 fully saturated rings. The van der Waals surface area contributed by atoms with Crippen molar-refractivity contribution < 1.29 is 27.8 Å². The average Bonchev–Trinajstić information content (AvgIpc) is 3.03. The molecule has 0 bridgehead atoms. The van der Waals surface area contributed by atoms with Gasteiger partial charge in [-0.15, -0.1) is 0 Å². The summed E-state index contributed by atoms with van der Waals surface area (Å²) >= 11 is 0. The SMILES string of the molecule is CCOC(=O)C1(C(=O)OCC)C=C(C[Si](C)(C)c2ccccc2)C(C(F)F)C1. The molecule has 2 rings (SSSR count). The van der Waals surface area contributed by atoms with Crippen LogP contribution in [0, 0.1) is 11.3 Å². The van der Waals surface area contributed by atoms with Crippen molar-refractivity contribution in [2.24, 2.45) is 11.3 Å². The van der Waals surface area contributed by atoms with Crippen LogP contribution in [0.4, 0.5) is 8.78 Å². The van der Waals surface area contributed by atoms with Gasteiger partial charge in [-0.25, -0.2) is 8.78 Å². The van der Waals surface area contributed by atoms with Crippen molar-refractivity contribution in [1.82, 2.24) is 0 Å².